The summed E-state index contributed by atoms with van der Waals surface area (Å²) in [5.41, 5.74) is 3.80. The third-order valence-electron chi connectivity index (χ3n) is 3.73. The lowest BCUT2D eigenvalue weighted by Gasteiger charge is -2.14. The maximum Gasteiger partial charge on any atom is 0.164 e. The fourth-order valence-corrected chi connectivity index (χ4v) is 2.61. The van der Waals surface area contributed by atoms with Gasteiger partial charge in [-0.1, -0.05) is 6.08 Å². The molecule has 0 saturated carbocycles. The van der Waals surface area contributed by atoms with Crippen molar-refractivity contribution in [2.75, 3.05) is 7.11 Å². The molecule has 0 N–H and O–H groups in total. The average Bonchev–Trinajstić information content (AvgIpc) is 2.43. The highest BCUT2D eigenvalue weighted by molar-refractivity contribution is 5.96. The quantitative estimate of drug-likeness (QED) is 0.832. The molecule has 0 fully saturated rings. The molecule has 3 nitrogen and oxygen atoms in total. The van der Waals surface area contributed by atoms with Crippen molar-refractivity contribution in [3.63, 3.8) is 0 Å². The van der Waals surface area contributed by atoms with Crippen molar-refractivity contribution in [1.82, 2.24) is 4.98 Å². The number of carbonyl (C=O) groups is 1. The van der Waals surface area contributed by atoms with Gasteiger partial charge in [0.05, 0.1) is 19.2 Å². The van der Waals surface area contributed by atoms with E-state index in [-0.39, 0.29) is 5.78 Å². The predicted octanol–water partition coefficient (Wildman–Crippen LogP) is 3.32. The van der Waals surface area contributed by atoms with Crippen LogP contribution in [0.5, 0.6) is 5.75 Å². The number of ether oxygens (including phenoxy) is 1. The molecule has 0 radical (unpaired) electrons. The number of hydrogen-bond donors (Lipinski definition) is 0. The molecular formula is C16H21NO2. The smallest absolute Gasteiger partial charge is 0.164 e. The first-order valence-corrected chi connectivity index (χ1v) is 6.84. The van der Waals surface area contributed by atoms with E-state index in [0.717, 1.165) is 47.4 Å². The highest BCUT2D eigenvalue weighted by Gasteiger charge is 2.16. The van der Waals surface area contributed by atoms with Crippen LogP contribution in [-0.2, 0) is 11.2 Å². The van der Waals surface area contributed by atoms with Crippen molar-refractivity contribution in [3.8, 4) is 5.75 Å². The third-order valence-corrected chi connectivity index (χ3v) is 3.73. The van der Waals surface area contributed by atoms with Gasteiger partial charge in [0.25, 0.3) is 0 Å². The summed E-state index contributed by atoms with van der Waals surface area (Å²) in [4.78, 5) is 16.6. The molecule has 1 aliphatic carbocycles. The van der Waals surface area contributed by atoms with Gasteiger partial charge in [-0.2, -0.15) is 0 Å². The second-order valence-corrected chi connectivity index (χ2v) is 5.12. The molecule has 0 aromatic carbocycles. The SMILES string of the molecule is COc1c(C)cnc(CC(=O)C2=CCCCC2)c1C. The number of hydrogen-bond acceptors (Lipinski definition) is 3. The largest absolute Gasteiger partial charge is 0.496 e. The zero-order valence-corrected chi connectivity index (χ0v) is 12.0. The molecule has 0 unspecified atom stereocenters. The van der Waals surface area contributed by atoms with Crippen molar-refractivity contribution in [3.05, 3.63) is 34.7 Å². The number of Topliss-reactive ketones (excluding diaryl/α,β-unsaturated/α-hetero) is 1. The van der Waals surface area contributed by atoms with Crippen LogP contribution >= 0.6 is 0 Å². The maximum absolute atomic E-state index is 12.3. The summed E-state index contributed by atoms with van der Waals surface area (Å²) in [5, 5.41) is 0. The summed E-state index contributed by atoms with van der Waals surface area (Å²) in [6.07, 6.45) is 8.53. The minimum absolute atomic E-state index is 0.209. The fraction of sp³-hybridized carbons (Fsp3) is 0.500. The van der Waals surface area contributed by atoms with Gasteiger partial charge in [-0.15, -0.1) is 0 Å². The van der Waals surface area contributed by atoms with Gasteiger partial charge in [0, 0.05) is 17.3 Å². The van der Waals surface area contributed by atoms with Gasteiger partial charge in [0.2, 0.25) is 0 Å². The molecule has 1 aromatic heterocycles. The topological polar surface area (TPSA) is 39.2 Å². The van der Waals surface area contributed by atoms with E-state index in [1.807, 2.05) is 13.8 Å². The van der Waals surface area contributed by atoms with Crippen LogP contribution in [0, 0.1) is 13.8 Å². The molecular weight excluding hydrogens is 238 g/mol. The summed E-state index contributed by atoms with van der Waals surface area (Å²) in [7, 11) is 1.66. The van der Waals surface area contributed by atoms with E-state index < -0.39 is 0 Å². The Hall–Kier alpha value is -1.64. The molecule has 1 aliphatic rings. The van der Waals surface area contributed by atoms with Crippen molar-refractivity contribution < 1.29 is 9.53 Å². The highest BCUT2D eigenvalue weighted by atomic mass is 16.5. The van der Waals surface area contributed by atoms with Crippen LogP contribution in [-0.4, -0.2) is 17.9 Å². The van der Waals surface area contributed by atoms with E-state index in [0.29, 0.717) is 6.42 Å². The Morgan fingerprint density at radius 1 is 1.37 bits per heavy atom. The van der Waals surface area contributed by atoms with Crippen LogP contribution in [0.2, 0.25) is 0 Å². The molecule has 0 amide bonds. The summed E-state index contributed by atoms with van der Waals surface area (Å²) in [6, 6.07) is 0. The van der Waals surface area contributed by atoms with Crippen molar-refractivity contribution in [2.45, 2.75) is 46.0 Å². The van der Waals surface area contributed by atoms with E-state index in [1.54, 1.807) is 13.3 Å². The van der Waals surface area contributed by atoms with Gasteiger partial charge in [-0.25, -0.2) is 0 Å². The van der Waals surface area contributed by atoms with Crippen LogP contribution in [0.1, 0.15) is 42.5 Å². The number of allylic oxidation sites excluding steroid dienone is 2. The number of nitrogens with zero attached hydrogens (tertiary/aromatic N) is 1. The van der Waals surface area contributed by atoms with Gasteiger partial charge in [0.15, 0.2) is 5.78 Å². The second-order valence-electron chi connectivity index (χ2n) is 5.12. The summed E-state index contributed by atoms with van der Waals surface area (Å²) >= 11 is 0. The molecule has 0 atom stereocenters. The van der Waals surface area contributed by atoms with Crippen molar-refractivity contribution in [1.29, 1.82) is 0 Å². The molecule has 0 spiro atoms. The lowest BCUT2D eigenvalue weighted by atomic mass is 9.93. The number of aromatic nitrogens is 1. The van der Waals surface area contributed by atoms with Crippen LogP contribution < -0.4 is 4.74 Å². The normalized spacial score (nSPS) is 15.0. The first-order chi connectivity index (χ1) is 9.13. The number of methoxy groups -OCH3 is 1. The van der Waals surface area contributed by atoms with E-state index in [4.69, 9.17) is 4.74 Å². The van der Waals surface area contributed by atoms with E-state index >= 15 is 0 Å². The van der Waals surface area contributed by atoms with Gasteiger partial charge in [-0.3, -0.25) is 9.78 Å². The number of aryl methyl sites for hydroxylation is 1. The minimum atomic E-state index is 0.209. The summed E-state index contributed by atoms with van der Waals surface area (Å²) < 4.78 is 5.38. The average molecular weight is 259 g/mol. The van der Waals surface area contributed by atoms with Crippen LogP contribution in [0.15, 0.2) is 17.8 Å². The number of pyridine rings is 1. The Morgan fingerprint density at radius 2 is 2.16 bits per heavy atom. The molecule has 0 saturated heterocycles. The van der Waals surface area contributed by atoms with Crippen molar-refractivity contribution in [2.24, 2.45) is 0 Å². The zero-order valence-electron chi connectivity index (χ0n) is 12.0. The monoisotopic (exact) mass is 259 g/mol. The molecule has 3 heteroatoms. The van der Waals surface area contributed by atoms with Gasteiger partial charge < -0.3 is 4.74 Å². The van der Waals surface area contributed by atoms with Crippen molar-refractivity contribution >= 4 is 5.78 Å². The molecule has 0 bridgehead atoms. The highest BCUT2D eigenvalue weighted by Crippen LogP contribution is 2.26. The lowest BCUT2D eigenvalue weighted by molar-refractivity contribution is -0.115. The zero-order chi connectivity index (χ0) is 13.8. The maximum atomic E-state index is 12.3. The standard InChI is InChI=1S/C16H21NO2/c1-11-10-17-14(12(2)16(11)19-3)9-15(18)13-7-5-4-6-8-13/h7,10H,4-6,8-9H2,1-3H3. The van der Waals surface area contributed by atoms with Gasteiger partial charge >= 0.3 is 0 Å². The van der Waals surface area contributed by atoms with Crippen LogP contribution in [0.3, 0.4) is 0 Å². The molecule has 102 valence electrons. The molecule has 19 heavy (non-hydrogen) atoms. The molecule has 1 aromatic rings. The Labute approximate surface area is 114 Å². The Balaban J connectivity index is 2.19. The fourth-order valence-electron chi connectivity index (χ4n) is 2.61. The Bertz CT molecular complexity index is 518. The molecule has 1 heterocycles. The van der Waals surface area contributed by atoms with Gasteiger partial charge in [0.1, 0.15) is 5.75 Å². The second kappa shape index (κ2) is 6.00. The Kier molecular flexibility index (Phi) is 4.35. The third kappa shape index (κ3) is 3.03. The van der Waals surface area contributed by atoms with Crippen LogP contribution in [0.25, 0.3) is 0 Å². The first kappa shape index (κ1) is 13.8. The summed E-state index contributed by atoms with van der Waals surface area (Å²) in [6.45, 7) is 3.94. The Morgan fingerprint density at radius 3 is 2.79 bits per heavy atom. The summed E-state index contributed by atoms with van der Waals surface area (Å²) in [5.74, 6) is 1.05. The lowest BCUT2D eigenvalue weighted by Crippen LogP contribution is -2.11. The van der Waals surface area contributed by atoms with E-state index in [1.165, 1.54) is 6.42 Å². The van der Waals surface area contributed by atoms with E-state index in [9.17, 15) is 4.79 Å². The first-order valence-electron chi connectivity index (χ1n) is 6.84. The van der Waals surface area contributed by atoms with Crippen LogP contribution in [0.4, 0.5) is 0 Å². The number of rotatable bonds is 4. The molecule has 0 aliphatic heterocycles. The minimum Gasteiger partial charge on any atom is -0.496 e. The predicted molar refractivity (Wildman–Crippen MR) is 75.5 cm³/mol. The van der Waals surface area contributed by atoms with E-state index in [2.05, 4.69) is 11.1 Å². The number of carbonyl (C=O) groups excluding carboxylic acids is 1. The molecule has 2 rings (SSSR count). The number of ketones is 1. The van der Waals surface area contributed by atoms with Gasteiger partial charge in [-0.05, 0) is 45.1 Å².